The quantitative estimate of drug-likeness (QED) is 0.371. The van der Waals surface area contributed by atoms with E-state index in [1.54, 1.807) is 12.1 Å². The van der Waals surface area contributed by atoms with Crippen LogP contribution >= 0.6 is 24.0 Å². The fourth-order valence-electron chi connectivity index (χ4n) is 2.27. The molecular weight excluding hydrogens is 463 g/mol. The molecule has 0 saturated carbocycles. The minimum atomic E-state index is -3.64. The summed E-state index contributed by atoms with van der Waals surface area (Å²) in [5.41, 5.74) is 2.18. The van der Waals surface area contributed by atoms with Crippen LogP contribution in [0.4, 0.5) is 0 Å². The third-order valence-corrected chi connectivity index (χ3v) is 4.56. The second kappa shape index (κ2) is 10.5. The molecule has 2 aromatic rings. The van der Waals surface area contributed by atoms with Crippen molar-refractivity contribution in [3.8, 4) is 0 Å². The lowest BCUT2D eigenvalue weighted by molar-refractivity contribution is 0.579. The van der Waals surface area contributed by atoms with Crippen molar-refractivity contribution >= 4 is 40.0 Å². The van der Waals surface area contributed by atoms with Crippen molar-refractivity contribution in [3.05, 3.63) is 65.7 Å². The number of nitrogens with one attached hydrogen (secondary N) is 1. The summed E-state index contributed by atoms with van der Waals surface area (Å²) in [5, 5.41) is 8.42. The number of benzene rings is 2. The number of halogens is 1. The second-order valence-corrected chi connectivity index (χ2v) is 7.45. The summed E-state index contributed by atoms with van der Waals surface area (Å²) in [6.45, 7) is 1.31. The summed E-state index contributed by atoms with van der Waals surface area (Å²) >= 11 is 0. The molecule has 26 heavy (non-hydrogen) atoms. The van der Waals surface area contributed by atoms with Gasteiger partial charge in [-0.1, -0.05) is 42.5 Å². The summed E-state index contributed by atoms with van der Waals surface area (Å²) in [6.07, 6.45) is 0.753. The second-order valence-electron chi connectivity index (χ2n) is 5.89. The highest BCUT2D eigenvalue weighted by atomic mass is 127. The molecule has 0 aromatic heterocycles. The van der Waals surface area contributed by atoms with Crippen LogP contribution in [0.5, 0.6) is 0 Å². The van der Waals surface area contributed by atoms with E-state index in [1.807, 2.05) is 49.3 Å². The van der Waals surface area contributed by atoms with Gasteiger partial charge in [0.25, 0.3) is 0 Å². The molecule has 0 heterocycles. The Morgan fingerprint density at radius 2 is 1.65 bits per heavy atom. The minimum absolute atomic E-state index is 0. The maximum Gasteiger partial charge on any atom is 0.238 e. The van der Waals surface area contributed by atoms with Crippen molar-refractivity contribution in [1.29, 1.82) is 0 Å². The van der Waals surface area contributed by atoms with Crippen LogP contribution < -0.4 is 10.5 Å². The van der Waals surface area contributed by atoms with E-state index in [0.29, 0.717) is 13.1 Å². The van der Waals surface area contributed by atoms with Gasteiger partial charge in [0.1, 0.15) is 0 Å². The Morgan fingerprint density at radius 3 is 2.19 bits per heavy atom. The van der Waals surface area contributed by atoms with Crippen molar-refractivity contribution < 1.29 is 8.42 Å². The smallest absolute Gasteiger partial charge is 0.238 e. The predicted molar refractivity (Wildman–Crippen MR) is 116 cm³/mol. The van der Waals surface area contributed by atoms with E-state index >= 15 is 0 Å². The molecule has 0 saturated heterocycles. The van der Waals surface area contributed by atoms with Crippen LogP contribution in [-0.4, -0.2) is 39.9 Å². The molecule has 0 radical (unpaired) electrons. The van der Waals surface area contributed by atoms with E-state index < -0.39 is 10.0 Å². The van der Waals surface area contributed by atoms with Gasteiger partial charge in [-0.15, -0.1) is 24.0 Å². The maximum absolute atomic E-state index is 11.3. The first kappa shape index (κ1) is 22.4. The first-order chi connectivity index (χ1) is 11.9. The summed E-state index contributed by atoms with van der Waals surface area (Å²) < 4.78 is 22.5. The molecule has 0 aliphatic carbocycles. The number of sulfonamides is 1. The molecule has 3 N–H and O–H groups in total. The van der Waals surface area contributed by atoms with Crippen molar-refractivity contribution in [3.63, 3.8) is 0 Å². The van der Waals surface area contributed by atoms with Gasteiger partial charge in [-0.2, -0.15) is 0 Å². The number of guanidine groups is 1. The van der Waals surface area contributed by atoms with Gasteiger partial charge in [0.2, 0.25) is 10.0 Å². The van der Waals surface area contributed by atoms with E-state index in [0.717, 1.165) is 23.5 Å². The van der Waals surface area contributed by atoms with Crippen LogP contribution in [0.3, 0.4) is 0 Å². The molecule has 0 aliphatic heterocycles. The number of aliphatic imine (C=N–C) groups is 1. The van der Waals surface area contributed by atoms with Crippen LogP contribution in [-0.2, 0) is 23.0 Å². The Morgan fingerprint density at radius 1 is 1.04 bits per heavy atom. The Balaban J connectivity index is 0.00000338. The van der Waals surface area contributed by atoms with Crippen LogP contribution in [0.1, 0.15) is 11.1 Å². The molecule has 2 aromatic carbocycles. The monoisotopic (exact) mass is 488 g/mol. The van der Waals surface area contributed by atoms with Gasteiger partial charge in [-0.3, -0.25) is 0 Å². The lowest BCUT2D eigenvalue weighted by Gasteiger charge is -2.17. The molecule has 0 aliphatic rings. The molecule has 142 valence electrons. The zero-order valence-corrected chi connectivity index (χ0v) is 18.1. The molecule has 0 atom stereocenters. The zero-order valence-electron chi connectivity index (χ0n) is 14.9. The predicted octanol–water partition coefficient (Wildman–Crippen LogP) is 2.20. The van der Waals surface area contributed by atoms with Crippen molar-refractivity contribution in [2.24, 2.45) is 10.1 Å². The van der Waals surface area contributed by atoms with E-state index in [2.05, 4.69) is 10.3 Å². The molecule has 0 fully saturated rings. The van der Waals surface area contributed by atoms with Gasteiger partial charge in [0.15, 0.2) is 5.96 Å². The third kappa shape index (κ3) is 7.30. The van der Waals surface area contributed by atoms with Gasteiger partial charge >= 0.3 is 0 Å². The fourth-order valence-corrected chi connectivity index (χ4v) is 2.78. The summed E-state index contributed by atoms with van der Waals surface area (Å²) in [6, 6.07) is 16.7. The van der Waals surface area contributed by atoms with Crippen LogP contribution in [0.15, 0.2) is 64.5 Å². The molecule has 0 bridgehead atoms. The lowest BCUT2D eigenvalue weighted by atomic mass is 10.1. The first-order valence-electron chi connectivity index (χ1n) is 7.97. The van der Waals surface area contributed by atoms with Crippen molar-refractivity contribution in [2.75, 3.05) is 20.6 Å². The zero-order chi connectivity index (χ0) is 18.3. The highest BCUT2D eigenvalue weighted by Crippen LogP contribution is 2.09. The van der Waals surface area contributed by atoms with Gasteiger partial charge in [-0.25, -0.2) is 18.5 Å². The lowest BCUT2D eigenvalue weighted by Crippen LogP contribution is -2.37. The van der Waals surface area contributed by atoms with E-state index in [4.69, 9.17) is 5.14 Å². The van der Waals surface area contributed by atoms with E-state index in [-0.39, 0.29) is 28.9 Å². The number of primary sulfonamides is 1. The standard InChI is InChI=1S/C18H24N4O2S.HI/c1-22(2)18(21-14-16-6-4-3-5-7-16)20-13-12-15-8-10-17(11-9-15)25(19,23)24;/h3-11H,12-14H2,1-2H3,(H,20,21)(H2,19,23,24);1H. The minimum Gasteiger partial charge on any atom is -0.356 e. The third-order valence-electron chi connectivity index (χ3n) is 3.63. The van der Waals surface area contributed by atoms with Crippen LogP contribution in [0.25, 0.3) is 0 Å². The average molecular weight is 488 g/mol. The highest BCUT2D eigenvalue weighted by Gasteiger charge is 2.07. The van der Waals surface area contributed by atoms with Gasteiger partial charge < -0.3 is 10.2 Å². The Bertz CT molecular complexity index is 807. The molecule has 0 spiro atoms. The number of nitrogens with zero attached hydrogens (tertiary/aromatic N) is 2. The molecule has 0 unspecified atom stereocenters. The number of rotatable bonds is 6. The largest absolute Gasteiger partial charge is 0.356 e. The van der Waals surface area contributed by atoms with Crippen LogP contribution in [0.2, 0.25) is 0 Å². The summed E-state index contributed by atoms with van der Waals surface area (Å²) in [5.74, 6) is 0.810. The number of nitrogens with two attached hydrogens (primary N) is 1. The molecule has 0 amide bonds. The molecular formula is C18H25IN4O2S. The van der Waals surface area contributed by atoms with Crippen LogP contribution in [0, 0.1) is 0 Å². The average Bonchev–Trinajstić information content (AvgIpc) is 2.58. The topological polar surface area (TPSA) is 87.8 Å². The first-order valence-corrected chi connectivity index (χ1v) is 9.52. The fraction of sp³-hybridized carbons (Fsp3) is 0.278. The van der Waals surface area contributed by atoms with Gasteiger partial charge in [0, 0.05) is 20.6 Å². The molecule has 6 nitrogen and oxygen atoms in total. The number of hydrogen-bond acceptors (Lipinski definition) is 3. The molecule has 2 rings (SSSR count). The summed E-state index contributed by atoms with van der Waals surface area (Å²) in [7, 11) is 0.244. The Kier molecular flexibility index (Phi) is 9.03. The normalized spacial score (nSPS) is 11.6. The maximum atomic E-state index is 11.3. The Hall–Kier alpha value is -1.65. The van der Waals surface area contributed by atoms with E-state index in [1.165, 1.54) is 12.1 Å². The molecule has 8 heteroatoms. The number of hydrogen-bond donors (Lipinski definition) is 2. The van der Waals surface area contributed by atoms with Crippen molar-refractivity contribution in [2.45, 2.75) is 17.9 Å². The summed E-state index contributed by atoms with van der Waals surface area (Å²) in [4.78, 5) is 6.67. The van der Waals surface area contributed by atoms with Gasteiger partial charge in [-0.05, 0) is 29.7 Å². The highest BCUT2D eigenvalue weighted by molar-refractivity contribution is 14.0. The Labute approximate surface area is 172 Å². The van der Waals surface area contributed by atoms with Crippen molar-refractivity contribution in [1.82, 2.24) is 10.2 Å². The SMILES string of the molecule is CN(C)C(=NCc1ccccc1)NCCc1ccc(S(N)(=O)=O)cc1.I. The van der Waals surface area contributed by atoms with E-state index in [9.17, 15) is 8.42 Å². The van der Waals surface area contributed by atoms with Gasteiger partial charge in [0.05, 0.1) is 11.4 Å².